The molecule has 1 aromatic carbocycles. The zero-order valence-corrected chi connectivity index (χ0v) is 13.3. The largest absolute Gasteiger partial charge is 0.493 e. The lowest BCUT2D eigenvalue weighted by atomic mass is 10.1. The number of nitrogens with zero attached hydrogens (tertiary/aromatic N) is 1. The van der Waals surface area contributed by atoms with Crippen molar-refractivity contribution in [3.8, 4) is 5.75 Å². The molecule has 0 N–H and O–H groups in total. The van der Waals surface area contributed by atoms with Gasteiger partial charge in [-0.3, -0.25) is 0 Å². The Bertz CT molecular complexity index is 663. The van der Waals surface area contributed by atoms with E-state index in [0.717, 1.165) is 43.6 Å². The van der Waals surface area contributed by atoms with Crippen LogP contribution in [0.15, 0.2) is 23.1 Å². The van der Waals surface area contributed by atoms with Gasteiger partial charge in [-0.2, -0.15) is 4.31 Å². The zero-order valence-electron chi connectivity index (χ0n) is 12.5. The predicted molar refractivity (Wildman–Crippen MR) is 81.5 cm³/mol. The maximum absolute atomic E-state index is 13.0. The van der Waals surface area contributed by atoms with E-state index >= 15 is 0 Å². The average Bonchev–Trinajstić information content (AvgIpc) is 3.02. The number of sulfonamides is 1. The molecule has 1 aliphatic carbocycles. The van der Waals surface area contributed by atoms with E-state index in [0.29, 0.717) is 30.6 Å². The SMILES string of the molecule is O=S(=O)(c1ccc2c(c1)CCO2)N(C[C@@H]1CCOC1)C1CC1. The number of rotatable bonds is 5. The zero-order chi connectivity index (χ0) is 15.2. The molecule has 0 spiro atoms. The normalized spacial score (nSPS) is 24.5. The summed E-state index contributed by atoms with van der Waals surface area (Å²) in [6.07, 6.45) is 3.69. The van der Waals surface area contributed by atoms with Gasteiger partial charge in [-0.1, -0.05) is 0 Å². The van der Waals surface area contributed by atoms with Crippen molar-refractivity contribution in [2.45, 2.75) is 36.6 Å². The predicted octanol–water partition coefficient (Wildman–Crippen LogP) is 1.81. The molecule has 0 radical (unpaired) electrons. The first-order valence-electron chi connectivity index (χ1n) is 8.00. The van der Waals surface area contributed by atoms with Crippen LogP contribution in [0, 0.1) is 5.92 Å². The molecule has 1 saturated carbocycles. The highest BCUT2D eigenvalue weighted by Gasteiger charge is 2.40. The molecule has 0 bridgehead atoms. The number of fused-ring (bicyclic) bond motifs is 1. The van der Waals surface area contributed by atoms with Crippen molar-refractivity contribution >= 4 is 10.0 Å². The van der Waals surface area contributed by atoms with Crippen LogP contribution in [0.25, 0.3) is 0 Å². The number of ether oxygens (including phenoxy) is 2. The third-order valence-electron chi connectivity index (χ3n) is 4.68. The molecule has 3 aliphatic rings. The van der Waals surface area contributed by atoms with E-state index in [9.17, 15) is 8.42 Å². The second-order valence-corrected chi connectivity index (χ2v) is 8.29. The molecule has 1 atom stereocenters. The van der Waals surface area contributed by atoms with Crippen LogP contribution in [-0.4, -0.2) is 45.1 Å². The van der Waals surface area contributed by atoms with Crippen molar-refractivity contribution in [3.05, 3.63) is 23.8 Å². The van der Waals surface area contributed by atoms with Gasteiger partial charge in [0.1, 0.15) is 5.75 Å². The third kappa shape index (κ3) is 2.64. The highest BCUT2D eigenvalue weighted by molar-refractivity contribution is 7.89. The molecule has 1 aromatic rings. The van der Waals surface area contributed by atoms with E-state index in [4.69, 9.17) is 9.47 Å². The smallest absolute Gasteiger partial charge is 0.243 e. The Kier molecular flexibility index (Phi) is 3.63. The van der Waals surface area contributed by atoms with Gasteiger partial charge in [0.25, 0.3) is 0 Å². The van der Waals surface area contributed by atoms with Gasteiger partial charge in [0, 0.05) is 25.6 Å². The Morgan fingerprint density at radius 2 is 2.05 bits per heavy atom. The van der Waals surface area contributed by atoms with Crippen LogP contribution in [0.3, 0.4) is 0 Å². The highest BCUT2D eigenvalue weighted by atomic mass is 32.2. The molecule has 0 amide bonds. The molecule has 4 rings (SSSR count). The summed E-state index contributed by atoms with van der Waals surface area (Å²) < 4.78 is 38.7. The lowest BCUT2D eigenvalue weighted by Gasteiger charge is -2.24. The molecule has 5 nitrogen and oxygen atoms in total. The lowest BCUT2D eigenvalue weighted by Crippen LogP contribution is -2.37. The van der Waals surface area contributed by atoms with Crippen LogP contribution in [0.1, 0.15) is 24.8 Å². The molecule has 1 saturated heterocycles. The van der Waals surface area contributed by atoms with Crippen molar-refractivity contribution in [2.24, 2.45) is 5.92 Å². The summed E-state index contributed by atoms with van der Waals surface area (Å²) in [5, 5.41) is 0. The third-order valence-corrected chi connectivity index (χ3v) is 6.60. The van der Waals surface area contributed by atoms with Crippen LogP contribution in [0.2, 0.25) is 0 Å². The van der Waals surface area contributed by atoms with E-state index in [1.54, 1.807) is 22.5 Å². The first-order valence-corrected chi connectivity index (χ1v) is 9.44. The molecule has 2 fully saturated rings. The van der Waals surface area contributed by atoms with Gasteiger partial charge in [0.05, 0.1) is 18.1 Å². The molecule has 0 aromatic heterocycles. The van der Waals surface area contributed by atoms with E-state index < -0.39 is 10.0 Å². The topological polar surface area (TPSA) is 55.8 Å². The van der Waals surface area contributed by atoms with Crippen molar-refractivity contribution in [2.75, 3.05) is 26.4 Å². The number of hydrogen-bond acceptors (Lipinski definition) is 4. The minimum Gasteiger partial charge on any atom is -0.493 e. The second kappa shape index (κ2) is 5.51. The van der Waals surface area contributed by atoms with Gasteiger partial charge in [0.15, 0.2) is 0 Å². The number of hydrogen-bond donors (Lipinski definition) is 0. The van der Waals surface area contributed by atoms with Crippen molar-refractivity contribution in [1.82, 2.24) is 4.31 Å². The Balaban J connectivity index is 1.62. The summed E-state index contributed by atoms with van der Waals surface area (Å²) in [5.74, 6) is 1.15. The Morgan fingerprint density at radius 3 is 2.77 bits per heavy atom. The lowest BCUT2D eigenvalue weighted by molar-refractivity contribution is 0.180. The first-order chi connectivity index (χ1) is 10.6. The number of benzene rings is 1. The Morgan fingerprint density at radius 1 is 1.18 bits per heavy atom. The summed E-state index contributed by atoms with van der Waals surface area (Å²) in [6, 6.07) is 5.44. The van der Waals surface area contributed by atoms with Gasteiger partial charge in [0.2, 0.25) is 10.0 Å². The maximum Gasteiger partial charge on any atom is 0.243 e. The minimum absolute atomic E-state index is 0.176. The van der Waals surface area contributed by atoms with Gasteiger partial charge in [-0.15, -0.1) is 0 Å². The Hall–Kier alpha value is -1.11. The van der Waals surface area contributed by atoms with E-state index in [-0.39, 0.29) is 6.04 Å². The van der Waals surface area contributed by atoms with Crippen molar-refractivity contribution < 1.29 is 17.9 Å². The molecule has 0 unspecified atom stereocenters. The summed E-state index contributed by atoms with van der Waals surface area (Å²) in [5.41, 5.74) is 1.00. The van der Waals surface area contributed by atoms with Crippen molar-refractivity contribution in [1.29, 1.82) is 0 Å². The van der Waals surface area contributed by atoms with E-state index in [2.05, 4.69) is 0 Å². The fourth-order valence-corrected chi connectivity index (χ4v) is 5.06. The summed E-state index contributed by atoms with van der Waals surface area (Å²) in [6.45, 7) is 2.65. The molecule has 2 heterocycles. The highest BCUT2D eigenvalue weighted by Crippen LogP contribution is 2.35. The maximum atomic E-state index is 13.0. The fraction of sp³-hybridized carbons (Fsp3) is 0.625. The van der Waals surface area contributed by atoms with Crippen LogP contribution in [-0.2, 0) is 21.2 Å². The Labute approximate surface area is 131 Å². The second-order valence-electron chi connectivity index (χ2n) is 6.40. The van der Waals surface area contributed by atoms with Crippen LogP contribution >= 0.6 is 0 Å². The first kappa shape index (κ1) is 14.5. The average molecular weight is 323 g/mol. The van der Waals surface area contributed by atoms with Crippen LogP contribution in [0.5, 0.6) is 5.75 Å². The molecule has 6 heteroatoms. The standard InChI is InChI=1S/C16H21NO4S/c18-22(19,15-3-4-16-13(9-15)6-8-21-16)17(14-1-2-14)10-12-5-7-20-11-12/h3-4,9,12,14H,1-2,5-8,10-11H2/t12-/m0/s1. The molecule has 22 heavy (non-hydrogen) atoms. The van der Waals surface area contributed by atoms with Crippen LogP contribution in [0.4, 0.5) is 0 Å². The fourth-order valence-electron chi connectivity index (χ4n) is 3.25. The minimum atomic E-state index is -3.42. The molecular formula is C16H21NO4S. The van der Waals surface area contributed by atoms with Gasteiger partial charge in [-0.05, 0) is 48.9 Å². The molecule has 120 valence electrons. The summed E-state index contributed by atoms with van der Waals surface area (Å²) >= 11 is 0. The quantitative estimate of drug-likeness (QED) is 0.829. The summed E-state index contributed by atoms with van der Waals surface area (Å²) in [4.78, 5) is 0.405. The molecule has 2 aliphatic heterocycles. The van der Waals surface area contributed by atoms with Gasteiger partial charge < -0.3 is 9.47 Å². The van der Waals surface area contributed by atoms with Crippen LogP contribution < -0.4 is 4.74 Å². The van der Waals surface area contributed by atoms with E-state index in [1.165, 1.54) is 0 Å². The van der Waals surface area contributed by atoms with Gasteiger partial charge in [-0.25, -0.2) is 8.42 Å². The monoisotopic (exact) mass is 323 g/mol. The van der Waals surface area contributed by atoms with Gasteiger partial charge >= 0.3 is 0 Å². The summed E-state index contributed by atoms with van der Waals surface area (Å²) in [7, 11) is -3.42. The van der Waals surface area contributed by atoms with Crippen molar-refractivity contribution in [3.63, 3.8) is 0 Å². The molecular weight excluding hydrogens is 302 g/mol. The van der Waals surface area contributed by atoms with E-state index in [1.807, 2.05) is 0 Å².